The number of amides is 2. The average molecular weight is 460 g/mol. The van der Waals surface area contributed by atoms with Gasteiger partial charge in [-0.05, 0) is 60.2 Å². The number of anilines is 2. The van der Waals surface area contributed by atoms with Gasteiger partial charge in [0, 0.05) is 55.6 Å². The SMILES string of the molecule is O=C1CC2(CCN(C(=O)c3cccc(Nc4ncccn4)c3)CC2)C(c2ccc(F)cc2)CN1. The van der Waals surface area contributed by atoms with Gasteiger partial charge in [-0.15, -0.1) is 0 Å². The summed E-state index contributed by atoms with van der Waals surface area (Å²) in [6.07, 6.45) is 5.18. The molecule has 1 aromatic heterocycles. The van der Waals surface area contributed by atoms with Crippen LogP contribution in [-0.4, -0.2) is 46.3 Å². The Hall–Kier alpha value is -3.81. The number of likely N-dealkylation sites (tertiary alicyclic amines) is 1. The summed E-state index contributed by atoms with van der Waals surface area (Å²) in [6.45, 7) is 1.68. The zero-order chi connectivity index (χ0) is 23.5. The first-order valence-electron chi connectivity index (χ1n) is 11.5. The molecule has 2 amide bonds. The van der Waals surface area contributed by atoms with Crippen LogP contribution < -0.4 is 10.6 Å². The summed E-state index contributed by atoms with van der Waals surface area (Å²) < 4.78 is 13.5. The Kier molecular flexibility index (Phi) is 5.96. The summed E-state index contributed by atoms with van der Waals surface area (Å²) in [7, 11) is 0. The van der Waals surface area contributed by atoms with Crippen molar-refractivity contribution in [3.05, 3.63) is 83.9 Å². The number of benzene rings is 2. The minimum absolute atomic E-state index is 0.0360. The molecule has 1 unspecified atom stereocenters. The molecule has 0 bridgehead atoms. The summed E-state index contributed by atoms with van der Waals surface area (Å²) in [5.41, 5.74) is 2.13. The van der Waals surface area contributed by atoms with Crippen molar-refractivity contribution in [3.63, 3.8) is 0 Å². The van der Waals surface area contributed by atoms with E-state index in [2.05, 4.69) is 20.6 Å². The fourth-order valence-electron chi connectivity index (χ4n) is 5.19. The van der Waals surface area contributed by atoms with Gasteiger partial charge in [-0.1, -0.05) is 18.2 Å². The molecule has 2 aliphatic rings. The molecular formula is C26H26FN5O2. The molecule has 34 heavy (non-hydrogen) atoms. The molecule has 0 saturated carbocycles. The standard InChI is InChI=1S/C26H26FN5O2/c27-20-7-5-18(6-8-20)22-17-30-23(33)16-26(22)9-13-32(14-10-26)24(34)19-3-1-4-21(15-19)31-25-28-11-2-12-29-25/h1-8,11-12,15,22H,9-10,13-14,16-17H2,(H,30,33)(H,28,29,31). The van der Waals surface area contributed by atoms with Gasteiger partial charge in [-0.3, -0.25) is 9.59 Å². The average Bonchev–Trinajstić information content (AvgIpc) is 2.86. The van der Waals surface area contributed by atoms with Crippen LogP contribution in [0.15, 0.2) is 67.0 Å². The summed E-state index contributed by atoms with van der Waals surface area (Å²) in [4.78, 5) is 35.8. The first-order chi connectivity index (χ1) is 16.5. The lowest BCUT2D eigenvalue weighted by Crippen LogP contribution is -2.52. The van der Waals surface area contributed by atoms with Crippen molar-refractivity contribution >= 4 is 23.5 Å². The molecule has 3 heterocycles. The number of carbonyl (C=O) groups excluding carboxylic acids is 2. The van der Waals surface area contributed by atoms with E-state index < -0.39 is 0 Å². The van der Waals surface area contributed by atoms with E-state index in [-0.39, 0.29) is 29.0 Å². The van der Waals surface area contributed by atoms with Gasteiger partial charge in [0.1, 0.15) is 5.82 Å². The van der Waals surface area contributed by atoms with Gasteiger partial charge in [0.15, 0.2) is 0 Å². The van der Waals surface area contributed by atoms with Gasteiger partial charge in [-0.25, -0.2) is 14.4 Å². The number of piperidine rings is 2. The van der Waals surface area contributed by atoms with Crippen LogP contribution in [0.25, 0.3) is 0 Å². The number of nitrogens with one attached hydrogen (secondary N) is 2. The fraction of sp³-hybridized carbons (Fsp3) is 0.308. The van der Waals surface area contributed by atoms with E-state index in [1.54, 1.807) is 30.6 Å². The van der Waals surface area contributed by atoms with Crippen LogP contribution in [0.1, 0.15) is 41.1 Å². The van der Waals surface area contributed by atoms with Crippen LogP contribution in [0.5, 0.6) is 0 Å². The molecule has 2 aromatic carbocycles. The number of carbonyl (C=O) groups is 2. The van der Waals surface area contributed by atoms with Crippen LogP contribution in [0.2, 0.25) is 0 Å². The second-order valence-electron chi connectivity index (χ2n) is 9.02. The molecule has 3 aromatic rings. The molecule has 8 heteroatoms. The summed E-state index contributed by atoms with van der Waals surface area (Å²) >= 11 is 0. The molecule has 7 nitrogen and oxygen atoms in total. The van der Waals surface area contributed by atoms with Crippen molar-refractivity contribution in [2.45, 2.75) is 25.2 Å². The highest BCUT2D eigenvalue weighted by Gasteiger charge is 2.46. The van der Waals surface area contributed by atoms with Crippen molar-refractivity contribution in [1.29, 1.82) is 0 Å². The Bertz CT molecular complexity index is 1180. The van der Waals surface area contributed by atoms with E-state index in [0.717, 1.165) is 24.1 Å². The topological polar surface area (TPSA) is 87.2 Å². The lowest BCUT2D eigenvalue weighted by Gasteiger charge is -2.49. The monoisotopic (exact) mass is 459 g/mol. The van der Waals surface area contributed by atoms with Crippen LogP contribution in [-0.2, 0) is 4.79 Å². The van der Waals surface area contributed by atoms with Crippen molar-refractivity contribution in [1.82, 2.24) is 20.2 Å². The molecule has 2 fully saturated rings. The second kappa shape index (κ2) is 9.21. The highest BCUT2D eigenvalue weighted by atomic mass is 19.1. The van der Waals surface area contributed by atoms with E-state index in [1.807, 2.05) is 29.2 Å². The molecule has 5 rings (SSSR count). The largest absolute Gasteiger partial charge is 0.355 e. The highest BCUT2D eigenvalue weighted by Crippen LogP contribution is 2.48. The Labute approximate surface area is 197 Å². The molecule has 2 N–H and O–H groups in total. The third-order valence-corrected chi connectivity index (χ3v) is 7.01. The van der Waals surface area contributed by atoms with Gasteiger partial charge in [0.2, 0.25) is 11.9 Å². The summed E-state index contributed by atoms with van der Waals surface area (Å²) in [6, 6.07) is 15.6. The predicted molar refractivity (Wildman–Crippen MR) is 126 cm³/mol. The molecule has 2 aliphatic heterocycles. The minimum Gasteiger partial charge on any atom is -0.355 e. The van der Waals surface area contributed by atoms with Crippen molar-refractivity contribution in [2.24, 2.45) is 5.41 Å². The number of hydrogen-bond donors (Lipinski definition) is 2. The molecule has 1 spiro atoms. The molecule has 1 atom stereocenters. The zero-order valence-corrected chi connectivity index (χ0v) is 18.7. The van der Waals surface area contributed by atoms with Crippen LogP contribution in [0.4, 0.5) is 16.0 Å². The number of halogens is 1. The zero-order valence-electron chi connectivity index (χ0n) is 18.7. The third-order valence-electron chi connectivity index (χ3n) is 7.01. The van der Waals surface area contributed by atoms with Crippen molar-refractivity contribution in [3.8, 4) is 0 Å². The van der Waals surface area contributed by atoms with E-state index in [1.165, 1.54) is 12.1 Å². The Morgan fingerprint density at radius 3 is 2.53 bits per heavy atom. The fourth-order valence-corrected chi connectivity index (χ4v) is 5.19. The van der Waals surface area contributed by atoms with E-state index in [4.69, 9.17) is 0 Å². The van der Waals surface area contributed by atoms with Gasteiger partial charge < -0.3 is 15.5 Å². The van der Waals surface area contributed by atoms with E-state index in [9.17, 15) is 14.0 Å². The van der Waals surface area contributed by atoms with Gasteiger partial charge in [0.05, 0.1) is 0 Å². The normalized spacial score (nSPS) is 19.5. The van der Waals surface area contributed by atoms with E-state index in [0.29, 0.717) is 37.6 Å². The van der Waals surface area contributed by atoms with Gasteiger partial charge >= 0.3 is 0 Å². The second-order valence-corrected chi connectivity index (χ2v) is 9.02. The lowest BCUT2D eigenvalue weighted by atomic mass is 9.62. The minimum atomic E-state index is -0.270. The highest BCUT2D eigenvalue weighted by molar-refractivity contribution is 5.95. The quantitative estimate of drug-likeness (QED) is 0.618. The molecule has 0 radical (unpaired) electrons. The van der Waals surface area contributed by atoms with E-state index >= 15 is 0 Å². The van der Waals surface area contributed by atoms with Crippen LogP contribution in [0.3, 0.4) is 0 Å². The van der Waals surface area contributed by atoms with Crippen molar-refractivity contribution < 1.29 is 14.0 Å². The maximum atomic E-state index is 13.5. The summed E-state index contributed by atoms with van der Waals surface area (Å²) in [5, 5.41) is 6.09. The lowest BCUT2D eigenvalue weighted by molar-refractivity contribution is -0.127. The predicted octanol–water partition coefficient (Wildman–Crippen LogP) is 3.89. The van der Waals surface area contributed by atoms with Gasteiger partial charge in [-0.2, -0.15) is 0 Å². The van der Waals surface area contributed by atoms with Crippen LogP contribution >= 0.6 is 0 Å². The maximum absolute atomic E-state index is 13.5. The first kappa shape index (κ1) is 22.0. The summed E-state index contributed by atoms with van der Waals surface area (Å²) in [5.74, 6) is 0.301. The number of nitrogens with zero attached hydrogens (tertiary/aromatic N) is 3. The van der Waals surface area contributed by atoms with Crippen molar-refractivity contribution in [2.75, 3.05) is 25.0 Å². The molecule has 0 aliphatic carbocycles. The first-order valence-corrected chi connectivity index (χ1v) is 11.5. The number of rotatable bonds is 4. The molecule has 174 valence electrons. The number of hydrogen-bond acceptors (Lipinski definition) is 5. The Balaban J connectivity index is 1.30. The van der Waals surface area contributed by atoms with Crippen LogP contribution in [0, 0.1) is 11.2 Å². The molecular weight excluding hydrogens is 433 g/mol. The van der Waals surface area contributed by atoms with Gasteiger partial charge in [0.25, 0.3) is 5.91 Å². The molecule has 2 saturated heterocycles. The maximum Gasteiger partial charge on any atom is 0.253 e. The third kappa shape index (κ3) is 4.48. The Morgan fingerprint density at radius 1 is 1.06 bits per heavy atom. The Morgan fingerprint density at radius 2 is 1.79 bits per heavy atom. The smallest absolute Gasteiger partial charge is 0.253 e. The number of aromatic nitrogens is 2.